The lowest BCUT2D eigenvalue weighted by Gasteiger charge is -2.34. The van der Waals surface area contributed by atoms with Crippen molar-refractivity contribution in [3.8, 4) is 0 Å². The van der Waals surface area contributed by atoms with Crippen LogP contribution >= 0.6 is 11.6 Å². The van der Waals surface area contributed by atoms with E-state index in [0.29, 0.717) is 18.7 Å². The molecule has 1 aliphatic rings. The Morgan fingerprint density at radius 2 is 2.00 bits per heavy atom. The van der Waals surface area contributed by atoms with Gasteiger partial charge < -0.3 is 15.5 Å². The minimum Gasteiger partial charge on any atom is -0.338 e. The number of halogens is 2. The van der Waals surface area contributed by atoms with Crippen molar-refractivity contribution in [2.75, 3.05) is 33.2 Å². The molecule has 1 fully saturated rings. The lowest BCUT2D eigenvalue weighted by Crippen LogP contribution is -2.49. The highest BCUT2D eigenvalue weighted by molar-refractivity contribution is 6.30. The SMILES string of the molecule is CN1CCN(C(=O)C(N)c2ccc(F)c(Cl)c2)CC1. The monoisotopic (exact) mass is 285 g/mol. The Bertz CT molecular complexity index is 475. The van der Waals surface area contributed by atoms with E-state index in [1.165, 1.54) is 18.2 Å². The van der Waals surface area contributed by atoms with Gasteiger partial charge in [-0.15, -0.1) is 0 Å². The molecule has 1 amide bonds. The topological polar surface area (TPSA) is 49.6 Å². The molecule has 2 N–H and O–H groups in total. The zero-order valence-electron chi connectivity index (χ0n) is 10.8. The summed E-state index contributed by atoms with van der Waals surface area (Å²) >= 11 is 5.71. The van der Waals surface area contributed by atoms with E-state index in [2.05, 4.69) is 4.90 Å². The largest absolute Gasteiger partial charge is 0.338 e. The number of carbonyl (C=O) groups is 1. The van der Waals surface area contributed by atoms with Gasteiger partial charge in [0.1, 0.15) is 11.9 Å². The molecular weight excluding hydrogens is 269 g/mol. The fourth-order valence-electron chi connectivity index (χ4n) is 2.07. The predicted molar refractivity (Wildman–Crippen MR) is 72.4 cm³/mol. The molecule has 6 heteroatoms. The summed E-state index contributed by atoms with van der Waals surface area (Å²) in [5.74, 6) is -0.652. The van der Waals surface area contributed by atoms with E-state index in [9.17, 15) is 9.18 Å². The highest BCUT2D eigenvalue weighted by Gasteiger charge is 2.25. The molecular formula is C13H17ClFN3O. The van der Waals surface area contributed by atoms with E-state index in [-0.39, 0.29) is 10.9 Å². The normalized spacial score (nSPS) is 18.4. The van der Waals surface area contributed by atoms with Gasteiger partial charge in [0, 0.05) is 26.2 Å². The molecule has 0 spiro atoms. The van der Waals surface area contributed by atoms with Crippen molar-refractivity contribution in [1.82, 2.24) is 9.80 Å². The number of amides is 1. The van der Waals surface area contributed by atoms with E-state index in [1.807, 2.05) is 7.05 Å². The number of nitrogens with zero attached hydrogens (tertiary/aromatic N) is 2. The van der Waals surface area contributed by atoms with Crippen molar-refractivity contribution in [2.24, 2.45) is 5.73 Å². The quantitative estimate of drug-likeness (QED) is 0.890. The molecule has 1 saturated heterocycles. The van der Waals surface area contributed by atoms with Crippen LogP contribution in [0.3, 0.4) is 0 Å². The highest BCUT2D eigenvalue weighted by atomic mass is 35.5. The number of piperazine rings is 1. The van der Waals surface area contributed by atoms with Crippen LogP contribution in [0.15, 0.2) is 18.2 Å². The molecule has 0 aliphatic carbocycles. The molecule has 1 heterocycles. The van der Waals surface area contributed by atoms with Gasteiger partial charge in [0.15, 0.2) is 0 Å². The fourth-order valence-corrected chi connectivity index (χ4v) is 2.26. The first-order valence-corrected chi connectivity index (χ1v) is 6.54. The van der Waals surface area contributed by atoms with Crippen LogP contribution < -0.4 is 5.73 Å². The van der Waals surface area contributed by atoms with E-state index in [0.717, 1.165) is 13.1 Å². The Labute approximate surface area is 116 Å². The van der Waals surface area contributed by atoms with Crippen LogP contribution in [-0.4, -0.2) is 48.9 Å². The summed E-state index contributed by atoms with van der Waals surface area (Å²) in [6, 6.07) is 3.35. The second-order valence-corrected chi connectivity index (χ2v) is 5.19. The molecule has 0 saturated carbocycles. The number of hydrogen-bond acceptors (Lipinski definition) is 3. The summed E-state index contributed by atoms with van der Waals surface area (Å²) in [6.45, 7) is 3.00. The molecule has 2 rings (SSSR count). The zero-order chi connectivity index (χ0) is 14.0. The number of carbonyl (C=O) groups excluding carboxylic acids is 1. The lowest BCUT2D eigenvalue weighted by atomic mass is 10.1. The van der Waals surface area contributed by atoms with Crippen LogP contribution in [0.4, 0.5) is 4.39 Å². The number of hydrogen-bond donors (Lipinski definition) is 1. The van der Waals surface area contributed by atoms with Gasteiger partial charge in [0.2, 0.25) is 5.91 Å². The Hall–Kier alpha value is -1.17. The summed E-state index contributed by atoms with van der Waals surface area (Å²) in [4.78, 5) is 16.1. The van der Waals surface area contributed by atoms with Gasteiger partial charge in [-0.3, -0.25) is 4.79 Å². The third kappa shape index (κ3) is 3.23. The Morgan fingerprint density at radius 1 is 1.37 bits per heavy atom. The minimum absolute atomic E-state index is 0.0147. The molecule has 1 aromatic carbocycles. The Morgan fingerprint density at radius 3 is 2.58 bits per heavy atom. The maximum atomic E-state index is 13.1. The van der Waals surface area contributed by atoms with E-state index in [1.54, 1.807) is 4.90 Å². The standard InChI is InChI=1S/C13H17ClFN3O/c1-17-4-6-18(7-5-17)13(19)12(16)9-2-3-11(15)10(14)8-9/h2-3,8,12H,4-7,16H2,1H3. The summed E-state index contributed by atoms with van der Waals surface area (Å²) in [7, 11) is 2.02. The van der Waals surface area contributed by atoms with Crippen LogP contribution in [0.5, 0.6) is 0 Å². The minimum atomic E-state index is -0.790. The van der Waals surface area contributed by atoms with Crippen LogP contribution in [0.25, 0.3) is 0 Å². The third-order valence-corrected chi connectivity index (χ3v) is 3.67. The first-order valence-electron chi connectivity index (χ1n) is 6.17. The lowest BCUT2D eigenvalue weighted by molar-refractivity contribution is -0.134. The van der Waals surface area contributed by atoms with Crippen LogP contribution in [-0.2, 0) is 4.79 Å². The smallest absolute Gasteiger partial charge is 0.244 e. The summed E-state index contributed by atoms with van der Waals surface area (Å²) in [5, 5.41) is -0.0147. The summed E-state index contributed by atoms with van der Waals surface area (Å²) < 4.78 is 13.1. The van der Waals surface area contributed by atoms with Crippen LogP contribution in [0.1, 0.15) is 11.6 Å². The molecule has 4 nitrogen and oxygen atoms in total. The van der Waals surface area contributed by atoms with Crippen molar-refractivity contribution in [2.45, 2.75) is 6.04 Å². The van der Waals surface area contributed by atoms with Gasteiger partial charge in [0.05, 0.1) is 5.02 Å². The molecule has 1 aromatic rings. The van der Waals surface area contributed by atoms with Crippen molar-refractivity contribution in [3.63, 3.8) is 0 Å². The van der Waals surface area contributed by atoms with Gasteiger partial charge in [-0.05, 0) is 24.7 Å². The number of likely N-dealkylation sites (N-methyl/N-ethyl adjacent to an activating group) is 1. The highest BCUT2D eigenvalue weighted by Crippen LogP contribution is 2.21. The second kappa shape index (κ2) is 5.86. The average molecular weight is 286 g/mol. The molecule has 104 valence electrons. The first kappa shape index (κ1) is 14.2. The predicted octanol–water partition coefficient (Wildman–Crippen LogP) is 1.25. The molecule has 0 radical (unpaired) electrons. The molecule has 19 heavy (non-hydrogen) atoms. The summed E-state index contributed by atoms with van der Waals surface area (Å²) in [5.41, 5.74) is 6.47. The number of nitrogens with two attached hydrogens (primary N) is 1. The maximum absolute atomic E-state index is 13.1. The van der Waals surface area contributed by atoms with Gasteiger partial charge in [-0.1, -0.05) is 17.7 Å². The van der Waals surface area contributed by atoms with Crippen LogP contribution in [0, 0.1) is 5.82 Å². The Kier molecular flexibility index (Phi) is 4.39. The first-order chi connectivity index (χ1) is 8.99. The molecule has 0 aromatic heterocycles. The molecule has 1 atom stereocenters. The summed E-state index contributed by atoms with van der Waals surface area (Å²) in [6.07, 6.45) is 0. The molecule has 1 aliphatic heterocycles. The van der Waals surface area contributed by atoms with Crippen LogP contribution in [0.2, 0.25) is 5.02 Å². The van der Waals surface area contributed by atoms with Crippen molar-refractivity contribution in [1.29, 1.82) is 0 Å². The zero-order valence-corrected chi connectivity index (χ0v) is 11.5. The van der Waals surface area contributed by atoms with Crippen molar-refractivity contribution in [3.05, 3.63) is 34.6 Å². The second-order valence-electron chi connectivity index (χ2n) is 4.78. The average Bonchev–Trinajstić information content (AvgIpc) is 2.41. The fraction of sp³-hybridized carbons (Fsp3) is 0.462. The molecule has 1 unspecified atom stereocenters. The van der Waals surface area contributed by atoms with E-state index >= 15 is 0 Å². The third-order valence-electron chi connectivity index (χ3n) is 3.38. The van der Waals surface area contributed by atoms with Gasteiger partial charge in [-0.2, -0.15) is 0 Å². The van der Waals surface area contributed by atoms with E-state index < -0.39 is 11.9 Å². The van der Waals surface area contributed by atoms with Gasteiger partial charge in [0.25, 0.3) is 0 Å². The van der Waals surface area contributed by atoms with Crippen molar-refractivity contribution >= 4 is 17.5 Å². The van der Waals surface area contributed by atoms with E-state index in [4.69, 9.17) is 17.3 Å². The Balaban J connectivity index is 2.08. The van der Waals surface area contributed by atoms with Gasteiger partial charge in [-0.25, -0.2) is 4.39 Å². The van der Waals surface area contributed by atoms with Gasteiger partial charge >= 0.3 is 0 Å². The maximum Gasteiger partial charge on any atom is 0.244 e. The molecule has 0 bridgehead atoms. The number of benzene rings is 1. The van der Waals surface area contributed by atoms with Crippen molar-refractivity contribution < 1.29 is 9.18 Å². The number of rotatable bonds is 2.